The SMILES string of the molecule is O=C(CSc1nnc(-c2cccc(Br)c2)n1-c1ccccc1)NN=Cc1ccc(F)cc1. The first kappa shape index (κ1) is 21.9. The third kappa shape index (κ3) is 5.49. The number of thioether (sulfide) groups is 1. The predicted octanol–water partition coefficient (Wildman–Crippen LogP) is 5.08. The van der Waals surface area contributed by atoms with Crippen LogP contribution in [-0.2, 0) is 4.79 Å². The quantitative estimate of drug-likeness (QED) is 0.214. The Kier molecular flexibility index (Phi) is 7.08. The molecule has 0 bridgehead atoms. The number of nitrogens with one attached hydrogen (secondary N) is 1. The molecule has 0 unspecified atom stereocenters. The van der Waals surface area contributed by atoms with Gasteiger partial charge in [-0.2, -0.15) is 5.10 Å². The molecule has 0 fully saturated rings. The lowest BCUT2D eigenvalue weighted by Gasteiger charge is -2.10. The van der Waals surface area contributed by atoms with Gasteiger partial charge in [0.25, 0.3) is 5.91 Å². The molecule has 0 aliphatic carbocycles. The van der Waals surface area contributed by atoms with Gasteiger partial charge < -0.3 is 0 Å². The molecule has 0 aliphatic heterocycles. The molecule has 1 N–H and O–H groups in total. The lowest BCUT2D eigenvalue weighted by atomic mass is 10.2. The number of amides is 1. The van der Waals surface area contributed by atoms with E-state index in [0.717, 1.165) is 15.7 Å². The van der Waals surface area contributed by atoms with E-state index in [4.69, 9.17) is 0 Å². The Bertz CT molecular complexity index is 1240. The van der Waals surface area contributed by atoms with Gasteiger partial charge in [0.05, 0.1) is 12.0 Å². The summed E-state index contributed by atoms with van der Waals surface area (Å²) in [7, 11) is 0. The minimum Gasteiger partial charge on any atom is -0.272 e. The number of hydrazone groups is 1. The highest BCUT2D eigenvalue weighted by Gasteiger charge is 2.17. The molecule has 160 valence electrons. The van der Waals surface area contributed by atoms with Crippen LogP contribution in [0.15, 0.2) is 93.6 Å². The monoisotopic (exact) mass is 509 g/mol. The Balaban J connectivity index is 1.50. The van der Waals surface area contributed by atoms with Crippen molar-refractivity contribution in [3.05, 3.63) is 94.7 Å². The highest BCUT2D eigenvalue weighted by atomic mass is 79.9. The largest absolute Gasteiger partial charge is 0.272 e. The van der Waals surface area contributed by atoms with Gasteiger partial charge in [-0.25, -0.2) is 9.82 Å². The number of hydrogen-bond donors (Lipinski definition) is 1. The van der Waals surface area contributed by atoms with Crippen molar-refractivity contribution in [1.82, 2.24) is 20.2 Å². The fraction of sp³-hybridized carbons (Fsp3) is 0.0435. The van der Waals surface area contributed by atoms with E-state index in [0.29, 0.717) is 16.5 Å². The van der Waals surface area contributed by atoms with Crippen molar-refractivity contribution in [3.63, 3.8) is 0 Å². The summed E-state index contributed by atoms with van der Waals surface area (Å²) in [5.74, 6) is 0.159. The summed E-state index contributed by atoms with van der Waals surface area (Å²) >= 11 is 4.75. The second-order valence-corrected chi connectivity index (χ2v) is 8.48. The molecule has 1 heterocycles. The van der Waals surface area contributed by atoms with Crippen LogP contribution in [0.3, 0.4) is 0 Å². The van der Waals surface area contributed by atoms with Crippen LogP contribution in [0.4, 0.5) is 4.39 Å². The maximum atomic E-state index is 13.0. The molecular formula is C23H17BrFN5OS. The van der Waals surface area contributed by atoms with E-state index in [1.54, 1.807) is 12.1 Å². The van der Waals surface area contributed by atoms with Crippen molar-refractivity contribution in [3.8, 4) is 17.1 Å². The van der Waals surface area contributed by atoms with Crippen LogP contribution in [-0.4, -0.2) is 32.6 Å². The van der Waals surface area contributed by atoms with E-state index in [9.17, 15) is 9.18 Å². The summed E-state index contributed by atoms with van der Waals surface area (Å²) in [6, 6.07) is 23.3. The van der Waals surface area contributed by atoms with Crippen molar-refractivity contribution < 1.29 is 9.18 Å². The molecule has 32 heavy (non-hydrogen) atoms. The molecule has 3 aromatic carbocycles. The number of halogens is 2. The van der Waals surface area contributed by atoms with Crippen LogP contribution in [0.5, 0.6) is 0 Å². The zero-order valence-corrected chi connectivity index (χ0v) is 19.1. The molecule has 0 saturated carbocycles. The minimum atomic E-state index is -0.327. The summed E-state index contributed by atoms with van der Waals surface area (Å²) in [5, 5.41) is 13.2. The van der Waals surface area contributed by atoms with E-state index in [2.05, 4.69) is 36.7 Å². The number of benzene rings is 3. The van der Waals surface area contributed by atoms with Crippen molar-refractivity contribution in [1.29, 1.82) is 0 Å². The van der Waals surface area contributed by atoms with Gasteiger partial charge in [0, 0.05) is 15.7 Å². The maximum Gasteiger partial charge on any atom is 0.250 e. The summed E-state index contributed by atoms with van der Waals surface area (Å²) in [6.07, 6.45) is 1.46. The van der Waals surface area contributed by atoms with Gasteiger partial charge in [0.1, 0.15) is 5.82 Å². The molecule has 4 rings (SSSR count). The van der Waals surface area contributed by atoms with Crippen molar-refractivity contribution >= 4 is 39.8 Å². The zero-order valence-electron chi connectivity index (χ0n) is 16.7. The molecular weight excluding hydrogens is 493 g/mol. The van der Waals surface area contributed by atoms with Crippen LogP contribution in [0.25, 0.3) is 17.1 Å². The fourth-order valence-corrected chi connectivity index (χ4v) is 4.02. The van der Waals surface area contributed by atoms with Gasteiger partial charge >= 0.3 is 0 Å². The first-order valence-corrected chi connectivity index (χ1v) is 11.3. The number of para-hydroxylation sites is 1. The van der Waals surface area contributed by atoms with Crippen molar-refractivity contribution in [2.45, 2.75) is 5.16 Å². The van der Waals surface area contributed by atoms with Crippen LogP contribution < -0.4 is 5.43 Å². The molecule has 0 aliphatic rings. The lowest BCUT2D eigenvalue weighted by molar-refractivity contribution is -0.118. The molecule has 6 nitrogen and oxygen atoms in total. The predicted molar refractivity (Wildman–Crippen MR) is 127 cm³/mol. The van der Waals surface area contributed by atoms with Crippen LogP contribution in [0.2, 0.25) is 0 Å². The smallest absolute Gasteiger partial charge is 0.250 e. The summed E-state index contributed by atoms with van der Waals surface area (Å²) in [4.78, 5) is 12.3. The third-order valence-electron chi connectivity index (χ3n) is 4.34. The second-order valence-electron chi connectivity index (χ2n) is 6.62. The normalized spacial score (nSPS) is 11.1. The number of hydrogen-bond acceptors (Lipinski definition) is 5. The van der Waals surface area contributed by atoms with E-state index in [1.165, 1.54) is 30.1 Å². The van der Waals surface area contributed by atoms with Gasteiger partial charge in [0.2, 0.25) is 0 Å². The Labute approximate surface area is 196 Å². The molecule has 4 aromatic rings. The molecule has 1 amide bonds. The summed E-state index contributed by atoms with van der Waals surface area (Å²) in [5.41, 5.74) is 4.95. The fourth-order valence-electron chi connectivity index (χ4n) is 2.88. The number of nitrogens with zero attached hydrogens (tertiary/aromatic N) is 4. The number of carbonyl (C=O) groups excluding carboxylic acids is 1. The van der Waals surface area contributed by atoms with E-state index < -0.39 is 0 Å². The van der Waals surface area contributed by atoms with Gasteiger partial charge in [-0.1, -0.05) is 70.2 Å². The average molecular weight is 510 g/mol. The Hall–Kier alpha value is -3.30. The summed E-state index contributed by atoms with van der Waals surface area (Å²) in [6.45, 7) is 0. The maximum absolute atomic E-state index is 13.0. The molecule has 9 heteroatoms. The van der Waals surface area contributed by atoms with Crippen molar-refractivity contribution in [2.75, 3.05) is 5.75 Å². The third-order valence-corrected chi connectivity index (χ3v) is 5.76. The van der Waals surface area contributed by atoms with Gasteiger partial charge in [-0.3, -0.25) is 9.36 Å². The van der Waals surface area contributed by atoms with E-state index in [-0.39, 0.29) is 17.5 Å². The topological polar surface area (TPSA) is 72.2 Å². The average Bonchev–Trinajstić information content (AvgIpc) is 3.24. The van der Waals surface area contributed by atoms with Gasteiger partial charge in [-0.05, 0) is 42.0 Å². The molecule has 0 spiro atoms. The van der Waals surface area contributed by atoms with E-state index >= 15 is 0 Å². The number of aromatic nitrogens is 3. The first-order valence-electron chi connectivity index (χ1n) is 9.57. The second kappa shape index (κ2) is 10.3. The van der Waals surface area contributed by atoms with Gasteiger partial charge in [-0.15, -0.1) is 10.2 Å². The van der Waals surface area contributed by atoms with Crippen LogP contribution in [0, 0.1) is 5.82 Å². The first-order chi connectivity index (χ1) is 15.6. The lowest BCUT2D eigenvalue weighted by Crippen LogP contribution is -2.20. The number of carbonyl (C=O) groups is 1. The Morgan fingerprint density at radius 2 is 1.84 bits per heavy atom. The zero-order chi connectivity index (χ0) is 22.3. The van der Waals surface area contributed by atoms with Crippen LogP contribution in [0.1, 0.15) is 5.56 Å². The standard InChI is InChI=1S/C23H17BrFN5OS/c24-18-6-4-5-17(13-18)22-28-29-23(30(22)20-7-2-1-3-8-20)32-15-21(31)27-26-14-16-9-11-19(25)12-10-16/h1-14H,15H2,(H,27,31). The van der Waals surface area contributed by atoms with Crippen molar-refractivity contribution in [2.24, 2.45) is 5.10 Å². The molecule has 0 saturated heterocycles. The highest BCUT2D eigenvalue weighted by molar-refractivity contribution is 9.10. The summed E-state index contributed by atoms with van der Waals surface area (Å²) < 4.78 is 15.8. The minimum absolute atomic E-state index is 0.101. The van der Waals surface area contributed by atoms with Crippen LogP contribution >= 0.6 is 27.7 Å². The highest BCUT2D eigenvalue weighted by Crippen LogP contribution is 2.29. The molecule has 0 atom stereocenters. The molecule has 0 radical (unpaired) electrons. The Morgan fingerprint density at radius 1 is 1.06 bits per heavy atom. The molecule has 1 aromatic heterocycles. The number of rotatable bonds is 7. The Morgan fingerprint density at radius 3 is 2.59 bits per heavy atom. The van der Waals surface area contributed by atoms with Gasteiger partial charge in [0.15, 0.2) is 11.0 Å². The van der Waals surface area contributed by atoms with E-state index in [1.807, 2.05) is 59.2 Å².